The standard InChI is InChI=1S/C21H25NO3/c23-18-13-7-12-17(14-18)20(21(24)25)22-19(15-8-3-1-4-9-15)16-10-5-2-6-11-16/h1-6,8-11,17-20,22-23H,7,12-14H2,(H,24,25)/t17-,18?,20-/m0/s1. The molecule has 0 heterocycles. The van der Waals surface area contributed by atoms with Gasteiger partial charge >= 0.3 is 5.97 Å². The minimum Gasteiger partial charge on any atom is -0.480 e. The summed E-state index contributed by atoms with van der Waals surface area (Å²) in [7, 11) is 0. The number of aliphatic carboxylic acids is 1. The number of carbonyl (C=O) groups is 1. The zero-order valence-corrected chi connectivity index (χ0v) is 14.2. The first kappa shape index (κ1) is 17.6. The Hall–Kier alpha value is -2.17. The number of hydrogen-bond donors (Lipinski definition) is 3. The molecule has 0 amide bonds. The number of carboxylic acid groups (broad SMARTS) is 1. The van der Waals surface area contributed by atoms with Gasteiger partial charge in [0.05, 0.1) is 12.1 Å². The summed E-state index contributed by atoms with van der Waals surface area (Å²) in [5, 5.41) is 23.1. The fourth-order valence-corrected chi connectivity index (χ4v) is 3.77. The highest BCUT2D eigenvalue weighted by atomic mass is 16.4. The summed E-state index contributed by atoms with van der Waals surface area (Å²) in [6, 6.07) is 19.0. The Morgan fingerprint density at radius 1 is 0.960 bits per heavy atom. The summed E-state index contributed by atoms with van der Waals surface area (Å²) in [6.45, 7) is 0. The van der Waals surface area contributed by atoms with Gasteiger partial charge in [0.15, 0.2) is 0 Å². The molecule has 1 aliphatic carbocycles. The van der Waals surface area contributed by atoms with Gasteiger partial charge in [-0.15, -0.1) is 0 Å². The highest BCUT2D eigenvalue weighted by Crippen LogP contribution is 2.30. The molecular formula is C21H25NO3. The lowest BCUT2D eigenvalue weighted by molar-refractivity contribution is -0.142. The summed E-state index contributed by atoms with van der Waals surface area (Å²) in [6.07, 6.45) is 2.62. The molecule has 4 nitrogen and oxygen atoms in total. The minimum absolute atomic E-state index is 0.0591. The molecule has 25 heavy (non-hydrogen) atoms. The van der Waals surface area contributed by atoms with E-state index >= 15 is 0 Å². The molecule has 0 bridgehead atoms. The van der Waals surface area contributed by atoms with Crippen molar-refractivity contribution in [1.82, 2.24) is 5.32 Å². The maximum atomic E-state index is 12.0. The Balaban J connectivity index is 1.88. The third-order valence-corrected chi connectivity index (χ3v) is 5.04. The smallest absolute Gasteiger partial charge is 0.321 e. The summed E-state index contributed by atoms with van der Waals surface area (Å²) in [4.78, 5) is 12.0. The van der Waals surface area contributed by atoms with Crippen molar-refractivity contribution in [2.75, 3.05) is 0 Å². The van der Waals surface area contributed by atoms with E-state index in [1.165, 1.54) is 0 Å². The SMILES string of the molecule is O=C(O)[C@@H](NC(c1ccccc1)c1ccccc1)[C@H]1CCCC(O)C1. The molecule has 0 aromatic heterocycles. The molecule has 1 fully saturated rings. The highest BCUT2D eigenvalue weighted by molar-refractivity contribution is 5.74. The van der Waals surface area contributed by atoms with E-state index in [-0.39, 0.29) is 12.0 Å². The Bertz CT molecular complexity index is 635. The van der Waals surface area contributed by atoms with Crippen LogP contribution in [0, 0.1) is 5.92 Å². The molecule has 0 aliphatic heterocycles. The molecule has 2 aromatic rings. The molecule has 132 valence electrons. The fourth-order valence-electron chi connectivity index (χ4n) is 3.77. The second-order valence-electron chi connectivity index (χ2n) is 6.82. The van der Waals surface area contributed by atoms with Gasteiger partial charge < -0.3 is 10.2 Å². The number of carboxylic acids is 1. The van der Waals surface area contributed by atoms with Crippen LogP contribution in [0.4, 0.5) is 0 Å². The van der Waals surface area contributed by atoms with Crippen LogP contribution in [0.3, 0.4) is 0 Å². The van der Waals surface area contributed by atoms with Crippen molar-refractivity contribution in [3.63, 3.8) is 0 Å². The molecule has 0 spiro atoms. The van der Waals surface area contributed by atoms with Crippen molar-refractivity contribution in [3.05, 3.63) is 71.8 Å². The van der Waals surface area contributed by atoms with Gasteiger partial charge in [0.25, 0.3) is 0 Å². The highest BCUT2D eigenvalue weighted by Gasteiger charge is 2.34. The van der Waals surface area contributed by atoms with Crippen LogP contribution in [0.5, 0.6) is 0 Å². The Morgan fingerprint density at radius 3 is 2.00 bits per heavy atom. The monoisotopic (exact) mass is 339 g/mol. The van der Waals surface area contributed by atoms with Crippen molar-refractivity contribution in [2.45, 2.75) is 43.9 Å². The van der Waals surface area contributed by atoms with Gasteiger partial charge in [0, 0.05) is 0 Å². The predicted molar refractivity (Wildman–Crippen MR) is 97.3 cm³/mol. The molecule has 1 unspecified atom stereocenters. The van der Waals surface area contributed by atoms with Crippen LogP contribution < -0.4 is 5.32 Å². The Morgan fingerprint density at radius 2 is 1.52 bits per heavy atom. The van der Waals surface area contributed by atoms with Crippen LogP contribution in [0.25, 0.3) is 0 Å². The van der Waals surface area contributed by atoms with Crippen LogP contribution in [0.1, 0.15) is 42.9 Å². The summed E-state index contributed by atoms with van der Waals surface area (Å²) >= 11 is 0. The summed E-state index contributed by atoms with van der Waals surface area (Å²) in [5.74, 6) is -0.910. The van der Waals surface area contributed by atoms with Gasteiger partial charge in [-0.3, -0.25) is 10.1 Å². The summed E-state index contributed by atoms with van der Waals surface area (Å²) in [5.41, 5.74) is 2.08. The molecule has 0 saturated heterocycles. The molecule has 2 aromatic carbocycles. The second kappa shape index (κ2) is 8.28. The number of benzene rings is 2. The van der Waals surface area contributed by atoms with Crippen LogP contribution in [0.15, 0.2) is 60.7 Å². The van der Waals surface area contributed by atoms with Crippen molar-refractivity contribution >= 4 is 5.97 Å². The first-order chi connectivity index (χ1) is 12.1. The maximum absolute atomic E-state index is 12.0. The van der Waals surface area contributed by atoms with Gasteiger partial charge in [-0.2, -0.15) is 0 Å². The van der Waals surface area contributed by atoms with E-state index in [1.807, 2.05) is 60.7 Å². The van der Waals surface area contributed by atoms with Crippen molar-refractivity contribution in [3.8, 4) is 0 Å². The van der Waals surface area contributed by atoms with Gasteiger partial charge in [-0.1, -0.05) is 67.1 Å². The average Bonchev–Trinajstić information content (AvgIpc) is 2.63. The van der Waals surface area contributed by atoms with Crippen LogP contribution in [0.2, 0.25) is 0 Å². The number of aliphatic hydroxyl groups excluding tert-OH is 1. The molecule has 1 aliphatic rings. The van der Waals surface area contributed by atoms with Crippen molar-refractivity contribution in [1.29, 1.82) is 0 Å². The van der Waals surface area contributed by atoms with E-state index in [9.17, 15) is 15.0 Å². The quantitative estimate of drug-likeness (QED) is 0.755. The number of nitrogens with one attached hydrogen (secondary N) is 1. The van der Waals surface area contributed by atoms with Gasteiger partial charge in [0.2, 0.25) is 0 Å². The first-order valence-corrected chi connectivity index (χ1v) is 8.92. The molecule has 3 N–H and O–H groups in total. The van der Waals surface area contributed by atoms with E-state index in [4.69, 9.17) is 0 Å². The predicted octanol–water partition coefficient (Wildman–Crippen LogP) is 3.37. The van der Waals surface area contributed by atoms with E-state index in [0.29, 0.717) is 6.42 Å². The van der Waals surface area contributed by atoms with Crippen molar-refractivity contribution in [2.24, 2.45) is 5.92 Å². The van der Waals surface area contributed by atoms with E-state index in [0.717, 1.165) is 30.4 Å². The maximum Gasteiger partial charge on any atom is 0.321 e. The third kappa shape index (κ3) is 4.47. The molecule has 0 radical (unpaired) electrons. The van der Waals surface area contributed by atoms with Gasteiger partial charge in [-0.25, -0.2) is 0 Å². The topological polar surface area (TPSA) is 69.6 Å². The molecule has 1 saturated carbocycles. The molecular weight excluding hydrogens is 314 g/mol. The molecule has 4 heteroatoms. The van der Waals surface area contributed by atoms with Crippen molar-refractivity contribution < 1.29 is 15.0 Å². The van der Waals surface area contributed by atoms with Crippen LogP contribution >= 0.6 is 0 Å². The second-order valence-corrected chi connectivity index (χ2v) is 6.82. The zero-order chi connectivity index (χ0) is 17.6. The number of aliphatic hydroxyl groups is 1. The lowest BCUT2D eigenvalue weighted by Gasteiger charge is -2.33. The van der Waals surface area contributed by atoms with Gasteiger partial charge in [-0.05, 0) is 36.3 Å². The van der Waals surface area contributed by atoms with Gasteiger partial charge in [0.1, 0.15) is 6.04 Å². The fraction of sp³-hybridized carbons (Fsp3) is 0.381. The zero-order valence-electron chi connectivity index (χ0n) is 14.2. The molecule has 3 rings (SSSR count). The van der Waals surface area contributed by atoms with Crippen LogP contribution in [-0.4, -0.2) is 28.3 Å². The normalized spacial score (nSPS) is 21.8. The Labute approximate surface area is 148 Å². The summed E-state index contributed by atoms with van der Waals surface area (Å²) < 4.78 is 0. The van der Waals surface area contributed by atoms with E-state index in [1.54, 1.807) is 0 Å². The van der Waals surface area contributed by atoms with E-state index in [2.05, 4.69) is 5.32 Å². The number of hydrogen-bond acceptors (Lipinski definition) is 3. The van der Waals surface area contributed by atoms with E-state index < -0.39 is 18.1 Å². The third-order valence-electron chi connectivity index (χ3n) is 5.04. The Kier molecular flexibility index (Phi) is 5.84. The minimum atomic E-state index is -0.851. The lowest BCUT2D eigenvalue weighted by atomic mass is 9.81. The largest absolute Gasteiger partial charge is 0.480 e. The van der Waals surface area contributed by atoms with Crippen LogP contribution in [-0.2, 0) is 4.79 Å². The average molecular weight is 339 g/mol. The first-order valence-electron chi connectivity index (χ1n) is 8.92. The molecule has 3 atom stereocenters. The number of rotatable bonds is 6. The lowest BCUT2D eigenvalue weighted by Crippen LogP contribution is -2.47.